The zero-order valence-corrected chi connectivity index (χ0v) is 38.0. The molecular formula is C42H59N2O15S3+. The summed E-state index contributed by atoms with van der Waals surface area (Å²) in [4.78, 5) is 12.7. The Kier molecular flexibility index (Phi) is 18.2. The summed E-state index contributed by atoms with van der Waals surface area (Å²) < 4.78 is 126. The maximum atomic E-state index is 12.4. The average Bonchev–Trinajstić information content (AvgIpc) is 3.56. The number of benzene rings is 2. The van der Waals surface area contributed by atoms with Gasteiger partial charge < -0.3 is 29.0 Å². The van der Waals surface area contributed by atoms with Gasteiger partial charge in [-0.3, -0.25) is 18.5 Å². The molecule has 2 aromatic rings. The van der Waals surface area contributed by atoms with Crippen LogP contribution in [-0.4, -0.2) is 133 Å². The van der Waals surface area contributed by atoms with Crippen molar-refractivity contribution in [3.63, 3.8) is 0 Å². The van der Waals surface area contributed by atoms with Crippen LogP contribution in [0.4, 0.5) is 11.4 Å². The predicted octanol–water partition coefficient (Wildman–Crippen LogP) is 5.34. The van der Waals surface area contributed by atoms with Gasteiger partial charge in [0.1, 0.15) is 6.61 Å². The van der Waals surface area contributed by atoms with Gasteiger partial charge in [0.2, 0.25) is 5.69 Å². The molecule has 0 bridgehead atoms. The van der Waals surface area contributed by atoms with E-state index >= 15 is 0 Å². The summed E-state index contributed by atoms with van der Waals surface area (Å²) >= 11 is 0. The molecule has 0 aromatic heterocycles. The lowest BCUT2D eigenvalue weighted by molar-refractivity contribution is -0.441. The van der Waals surface area contributed by atoms with Crippen LogP contribution >= 0.6 is 0 Å². The van der Waals surface area contributed by atoms with Crippen LogP contribution in [0.2, 0.25) is 0 Å². The molecule has 0 saturated heterocycles. The molecule has 62 heavy (non-hydrogen) atoms. The Morgan fingerprint density at radius 1 is 0.726 bits per heavy atom. The molecule has 4 rings (SSSR count). The van der Waals surface area contributed by atoms with Gasteiger partial charge in [-0.05, 0) is 87.9 Å². The number of rotatable bonds is 27. The average molecular weight is 928 g/mol. The molecule has 20 heteroatoms. The molecular weight excluding hydrogens is 869 g/mol. The van der Waals surface area contributed by atoms with Crippen LogP contribution in [-0.2, 0) is 64.9 Å². The number of nitrogens with zero attached hydrogens (tertiary/aromatic N) is 2. The van der Waals surface area contributed by atoms with Gasteiger partial charge in [0, 0.05) is 68.3 Å². The third kappa shape index (κ3) is 13.3. The maximum absolute atomic E-state index is 12.4. The Balaban J connectivity index is 1.76. The molecule has 2 heterocycles. The van der Waals surface area contributed by atoms with Crippen LogP contribution < -0.4 is 4.90 Å². The lowest BCUT2D eigenvalue weighted by Crippen LogP contribution is -2.32. The summed E-state index contributed by atoms with van der Waals surface area (Å²) in [7, 11) is -10.3. The third-order valence-electron chi connectivity index (χ3n) is 11.2. The molecule has 344 valence electrons. The quantitative estimate of drug-likeness (QED) is 0.0382. The molecule has 2 aliphatic rings. The van der Waals surface area contributed by atoms with Crippen molar-refractivity contribution < 1.29 is 72.3 Å². The third-order valence-corrected chi connectivity index (χ3v) is 13.7. The van der Waals surface area contributed by atoms with E-state index in [9.17, 15) is 48.8 Å². The first-order valence-electron chi connectivity index (χ1n) is 20.2. The molecule has 0 aliphatic carbocycles. The summed E-state index contributed by atoms with van der Waals surface area (Å²) in [6, 6.07) is 8.72. The smallest absolute Gasteiger partial charge is 0.303 e. The molecule has 4 N–H and O–H groups in total. The maximum Gasteiger partial charge on any atom is 0.303 e. The molecule has 0 radical (unpaired) electrons. The van der Waals surface area contributed by atoms with E-state index in [4.69, 9.17) is 18.9 Å². The van der Waals surface area contributed by atoms with E-state index in [1.807, 2.05) is 36.7 Å². The lowest BCUT2D eigenvalue weighted by Gasteiger charge is -2.30. The Labute approximate surface area is 365 Å². The highest BCUT2D eigenvalue weighted by atomic mass is 32.2. The topological polar surface area (TPSA) is 244 Å². The van der Waals surface area contributed by atoms with Gasteiger partial charge >= 0.3 is 5.97 Å². The number of hydrogen-bond donors (Lipinski definition) is 4. The summed E-state index contributed by atoms with van der Waals surface area (Å²) in [6.07, 6.45) is 11.5. The second-order valence-corrected chi connectivity index (χ2v) is 19.9. The molecule has 2 atom stereocenters. The minimum Gasteiger partial charge on any atom is -0.481 e. The summed E-state index contributed by atoms with van der Waals surface area (Å²) in [6.45, 7) is 6.72. The minimum absolute atomic E-state index is 0.0323. The fraction of sp³-hybridized carbons (Fsp3) is 0.524. The number of carbonyl (C=O) groups is 1. The second kappa shape index (κ2) is 22.2. The number of fused-ring (bicyclic) bond motifs is 2. The van der Waals surface area contributed by atoms with Crippen LogP contribution in [0.25, 0.3) is 0 Å². The number of aliphatic carboxylic acids is 1. The molecule has 0 saturated carbocycles. The zero-order valence-electron chi connectivity index (χ0n) is 35.6. The van der Waals surface area contributed by atoms with E-state index in [1.165, 1.54) is 24.3 Å². The highest BCUT2D eigenvalue weighted by Crippen LogP contribution is 2.51. The van der Waals surface area contributed by atoms with Gasteiger partial charge in [0.15, 0.2) is 12.3 Å². The molecule has 0 amide bonds. The fourth-order valence-corrected chi connectivity index (χ4v) is 9.53. The highest BCUT2D eigenvalue weighted by Gasteiger charge is 2.48. The van der Waals surface area contributed by atoms with Crippen LogP contribution in [0.3, 0.4) is 0 Å². The van der Waals surface area contributed by atoms with Crippen LogP contribution in [0.1, 0.15) is 69.9 Å². The van der Waals surface area contributed by atoms with E-state index in [0.717, 1.165) is 11.4 Å². The molecule has 17 nitrogen and oxygen atoms in total. The normalized spacial score (nSPS) is 20.0. The Morgan fingerprint density at radius 3 is 1.98 bits per heavy atom. The first-order valence-corrected chi connectivity index (χ1v) is 24.7. The summed E-state index contributed by atoms with van der Waals surface area (Å²) in [5.41, 5.74) is 2.26. The van der Waals surface area contributed by atoms with Gasteiger partial charge in [-0.1, -0.05) is 24.6 Å². The number of carboxylic acids is 1. The second-order valence-electron chi connectivity index (χ2n) is 15.5. The molecule has 2 aliphatic heterocycles. The number of unbranched alkanes of at least 4 members (excludes halogenated alkanes) is 2. The Morgan fingerprint density at radius 2 is 1.35 bits per heavy atom. The van der Waals surface area contributed by atoms with Crippen molar-refractivity contribution >= 4 is 53.4 Å². The predicted molar refractivity (Wildman–Crippen MR) is 232 cm³/mol. The number of carboxylic acid groups (broad SMARTS) is 1. The van der Waals surface area contributed by atoms with Gasteiger partial charge in [-0.2, -0.15) is 29.8 Å². The van der Waals surface area contributed by atoms with E-state index in [0.29, 0.717) is 87.7 Å². The van der Waals surface area contributed by atoms with Crippen LogP contribution in [0, 0.1) is 0 Å². The molecule has 2 aromatic carbocycles. The molecule has 0 fully saturated rings. The minimum atomic E-state index is -4.58. The van der Waals surface area contributed by atoms with Crippen LogP contribution in [0.15, 0.2) is 82.3 Å². The van der Waals surface area contributed by atoms with E-state index in [2.05, 4.69) is 4.90 Å². The molecule has 0 spiro atoms. The molecule has 2 unspecified atom stereocenters. The van der Waals surface area contributed by atoms with Crippen LogP contribution in [0.5, 0.6) is 0 Å². The highest BCUT2D eigenvalue weighted by molar-refractivity contribution is 7.86. The van der Waals surface area contributed by atoms with Crippen molar-refractivity contribution in [1.29, 1.82) is 0 Å². The fourth-order valence-electron chi connectivity index (χ4n) is 8.00. The number of ether oxygens (including phenoxy) is 4. The number of allylic oxidation sites excluding steroid dienone is 6. The number of anilines is 1. The van der Waals surface area contributed by atoms with Crippen molar-refractivity contribution in [3.8, 4) is 0 Å². The number of hydrogen-bond acceptors (Lipinski definition) is 12. The van der Waals surface area contributed by atoms with Gasteiger partial charge in [0.25, 0.3) is 30.4 Å². The van der Waals surface area contributed by atoms with Crippen molar-refractivity contribution in [2.24, 2.45) is 0 Å². The van der Waals surface area contributed by atoms with E-state index in [1.54, 1.807) is 38.5 Å². The van der Waals surface area contributed by atoms with E-state index < -0.39 is 52.9 Å². The number of methoxy groups -OCH3 is 2. The Hall–Kier alpha value is -3.83. The zero-order chi connectivity index (χ0) is 45.8. The SMILES string of the molecule is COCCOCCOCCC1(C)C(=CC=CC=CC2=[N+](CCOC)c3ccc(S(=O)(=O)O)cc3C2(C)CCCS(=O)(=O)O)N(CCCCCC(=O)O)c2ccc(S(=O)(=O)O)cc21. The van der Waals surface area contributed by atoms with Crippen molar-refractivity contribution in [1.82, 2.24) is 0 Å². The Bertz CT molecular complexity index is 2360. The van der Waals surface area contributed by atoms with Crippen molar-refractivity contribution in [2.75, 3.05) is 77.6 Å². The van der Waals surface area contributed by atoms with Gasteiger partial charge in [-0.15, -0.1) is 0 Å². The first-order chi connectivity index (χ1) is 29.2. The summed E-state index contributed by atoms with van der Waals surface area (Å²) in [5, 5.41) is 9.18. The standard InChI is InChI=1S/C42H58N2O15S3/c1-41(19-11-29-60(47,48)49)34-30-32(61(50,51)52)16-18-37(34)44(22-24-56-3)38(41)12-7-5-8-13-39-42(2,20-23-58-27-28-59-26-25-57-4)35-31-33(62(53,54)55)15-17-36(35)43(39)21-10-6-9-14-40(45)46/h5,7-8,12-13,15-18,30-31H,6,9-11,14,19-29H2,1-4H3,(H3-,45,46,47,48,49,50,51,52,53,54,55)/p+1. The van der Waals surface area contributed by atoms with E-state index in [-0.39, 0.29) is 42.3 Å². The van der Waals surface area contributed by atoms with Crippen molar-refractivity contribution in [3.05, 3.63) is 83.6 Å². The monoisotopic (exact) mass is 927 g/mol. The van der Waals surface area contributed by atoms with Gasteiger partial charge in [0.05, 0.1) is 47.4 Å². The largest absolute Gasteiger partial charge is 0.481 e. The lowest BCUT2D eigenvalue weighted by atomic mass is 9.76. The van der Waals surface area contributed by atoms with Crippen molar-refractivity contribution in [2.45, 2.75) is 79.4 Å². The summed E-state index contributed by atoms with van der Waals surface area (Å²) in [5.74, 6) is -1.40. The first kappa shape index (κ1) is 50.8. The van der Waals surface area contributed by atoms with Gasteiger partial charge in [-0.25, -0.2) is 0 Å².